The van der Waals surface area contributed by atoms with Gasteiger partial charge in [-0.1, -0.05) is 6.07 Å². The Morgan fingerprint density at radius 1 is 1.56 bits per heavy atom. The van der Waals surface area contributed by atoms with Crippen LogP contribution in [0.25, 0.3) is 5.65 Å². The number of hydrogen-bond acceptors (Lipinski definition) is 3. The number of pyridine rings is 1. The Labute approximate surface area is 105 Å². The highest BCUT2D eigenvalue weighted by Gasteiger charge is 2.07. The lowest BCUT2D eigenvalue weighted by molar-refractivity contribution is -0.120. The van der Waals surface area contributed by atoms with Crippen LogP contribution < -0.4 is 5.32 Å². The number of hydrogen-bond donors (Lipinski definition) is 2. The van der Waals surface area contributed by atoms with Crippen molar-refractivity contribution in [3.63, 3.8) is 0 Å². The summed E-state index contributed by atoms with van der Waals surface area (Å²) in [6.07, 6.45) is 4.19. The average molecular weight is 247 g/mol. The molecule has 18 heavy (non-hydrogen) atoms. The number of fused-ring (bicyclic) bond motifs is 1. The van der Waals surface area contributed by atoms with Gasteiger partial charge in [0, 0.05) is 18.9 Å². The van der Waals surface area contributed by atoms with E-state index >= 15 is 0 Å². The van der Waals surface area contributed by atoms with E-state index < -0.39 is 0 Å². The lowest BCUT2D eigenvalue weighted by Gasteiger charge is -2.05. The van der Waals surface area contributed by atoms with Crippen LogP contribution in [0.4, 0.5) is 0 Å². The van der Waals surface area contributed by atoms with Crippen LogP contribution in [0.3, 0.4) is 0 Å². The van der Waals surface area contributed by atoms with Crippen LogP contribution in [0.1, 0.15) is 19.0 Å². The van der Waals surface area contributed by atoms with Gasteiger partial charge in [0.2, 0.25) is 5.91 Å². The van der Waals surface area contributed by atoms with Gasteiger partial charge in [0.25, 0.3) is 0 Å². The maximum atomic E-state index is 11.6. The molecule has 5 heteroatoms. The van der Waals surface area contributed by atoms with Crippen molar-refractivity contribution >= 4 is 11.6 Å². The largest absolute Gasteiger partial charge is 0.393 e. The number of aliphatic hydroxyl groups is 1. The first-order valence-corrected chi connectivity index (χ1v) is 6.02. The second-order valence-electron chi connectivity index (χ2n) is 4.36. The summed E-state index contributed by atoms with van der Waals surface area (Å²) < 4.78 is 1.89. The highest BCUT2D eigenvalue weighted by Crippen LogP contribution is 2.04. The van der Waals surface area contributed by atoms with Crippen molar-refractivity contribution < 1.29 is 9.90 Å². The maximum Gasteiger partial charge on any atom is 0.226 e. The van der Waals surface area contributed by atoms with Crippen molar-refractivity contribution in [2.24, 2.45) is 0 Å². The second-order valence-corrected chi connectivity index (χ2v) is 4.36. The van der Waals surface area contributed by atoms with Gasteiger partial charge in [-0.15, -0.1) is 0 Å². The predicted molar refractivity (Wildman–Crippen MR) is 68.2 cm³/mol. The number of nitrogens with zero attached hydrogens (tertiary/aromatic N) is 2. The third-order valence-electron chi connectivity index (χ3n) is 2.64. The fraction of sp³-hybridized carbons (Fsp3) is 0.385. The topological polar surface area (TPSA) is 66.6 Å². The van der Waals surface area contributed by atoms with Crippen LogP contribution in [-0.4, -0.2) is 33.0 Å². The first kappa shape index (κ1) is 12.6. The number of carbonyl (C=O) groups is 1. The van der Waals surface area contributed by atoms with Gasteiger partial charge >= 0.3 is 0 Å². The molecule has 2 aromatic rings. The molecule has 0 spiro atoms. The van der Waals surface area contributed by atoms with Gasteiger partial charge in [-0.2, -0.15) is 0 Å². The molecule has 2 N–H and O–H groups in total. The van der Waals surface area contributed by atoms with Gasteiger partial charge in [0.05, 0.1) is 18.2 Å². The van der Waals surface area contributed by atoms with Crippen molar-refractivity contribution in [1.29, 1.82) is 0 Å². The predicted octanol–water partition coefficient (Wildman–Crippen LogP) is 0.764. The molecule has 2 rings (SSSR count). The first-order chi connectivity index (χ1) is 8.65. The van der Waals surface area contributed by atoms with Crippen LogP contribution >= 0.6 is 0 Å². The molecular weight excluding hydrogens is 230 g/mol. The normalized spacial score (nSPS) is 12.6. The Kier molecular flexibility index (Phi) is 3.94. The Bertz CT molecular complexity index is 501. The smallest absolute Gasteiger partial charge is 0.226 e. The zero-order valence-corrected chi connectivity index (χ0v) is 10.3. The van der Waals surface area contributed by atoms with Crippen LogP contribution in [0.2, 0.25) is 0 Å². The highest BCUT2D eigenvalue weighted by molar-refractivity contribution is 5.78. The Balaban J connectivity index is 1.90. The molecule has 5 nitrogen and oxygen atoms in total. The molecule has 1 unspecified atom stereocenters. The SMILES string of the molecule is CC(O)CCNC(=O)Cc1cn2ccccc2n1. The summed E-state index contributed by atoms with van der Waals surface area (Å²) in [6, 6.07) is 5.73. The van der Waals surface area contributed by atoms with E-state index in [1.165, 1.54) is 0 Å². The van der Waals surface area contributed by atoms with Crippen LogP contribution in [0, 0.1) is 0 Å². The fourth-order valence-corrected chi connectivity index (χ4v) is 1.72. The Morgan fingerprint density at radius 3 is 3.11 bits per heavy atom. The monoisotopic (exact) mass is 247 g/mol. The molecule has 2 heterocycles. The molecule has 0 saturated heterocycles. The summed E-state index contributed by atoms with van der Waals surface area (Å²) in [5.74, 6) is -0.0703. The van der Waals surface area contributed by atoms with Gasteiger partial charge in [-0.3, -0.25) is 4.79 Å². The summed E-state index contributed by atoms with van der Waals surface area (Å²) in [4.78, 5) is 16.0. The minimum absolute atomic E-state index is 0.0703. The zero-order valence-electron chi connectivity index (χ0n) is 10.3. The lowest BCUT2D eigenvalue weighted by Crippen LogP contribution is -2.27. The second kappa shape index (κ2) is 5.64. The average Bonchev–Trinajstić information content (AvgIpc) is 2.70. The molecule has 0 aliphatic carbocycles. The molecule has 0 aliphatic rings. The number of carbonyl (C=O) groups excluding carboxylic acids is 1. The first-order valence-electron chi connectivity index (χ1n) is 6.02. The number of nitrogens with one attached hydrogen (secondary N) is 1. The Hall–Kier alpha value is -1.88. The van der Waals surface area contributed by atoms with E-state index in [1.54, 1.807) is 6.92 Å². The number of rotatable bonds is 5. The summed E-state index contributed by atoms with van der Waals surface area (Å²) in [6.45, 7) is 2.19. The molecule has 0 aliphatic heterocycles. The third-order valence-corrected chi connectivity index (χ3v) is 2.64. The number of imidazole rings is 1. The fourth-order valence-electron chi connectivity index (χ4n) is 1.72. The minimum Gasteiger partial charge on any atom is -0.393 e. The Morgan fingerprint density at radius 2 is 2.39 bits per heavy atom. The van der Waals surface area contributed by atoms with E-state index in [0.29, 0.717) is 13.0 Å². The molecule has 2 aromatic heterocycles. The number of amides is 1. The number of aromatic nitrogens is 2. The van der Waals surface area contributed by atoms with Crippen LogP contribution in [0.15, 0.2) is 30.6 Å². The molecule has 1 amide bonds. The summed E-state index contributed by atoms with van der Waals surface area (Å²) in [5, 5.41) is 11.8. The van der Waals surface area contributed by atoms with Crippen LogP contribution in [-0.2, 0) is 11.2 Å². The molecule has 0 saturated carbocycles. The van der Waals surface area contributed by atoms with E-state index in [2.05, 4.69) is 10.3 Å². The summed E-state index contributed by atoms with van der Waals surface area (Å²) in [5.41, 5.74) is 1.58. The summed E-state index contributed by atoms with van der Waals surface area (Å²) in [7, 11) is 0. The highest BCUT2D eigenvalue weighted by atomic mass is 16.3. The van der Waals surface area contributed by atoms with Crippen molar-refractivity contribution in [3.8, 4) is 0 Å². The van der Waals surface area contributed by atoms with Crippen molar-refractivity contribution in [2.75, 3.05) is 6.54 Å². The number of aliphatic hydroxyl groups excluding tert-OH is 1. The van der Waals surface area contributed by atoms with E-state index in [-0.39, 0.29) is 18.4 Å². The van der Waals surface area contributed by atoms with E-state index in [9.17, 15) is 4.79 Å². The van der Waals surface area contributed by atoms with E-state index in [4.69, 9.17) is 5.11 Å². The quantitative estimate of drug-likeness (QED) is 0.820. The third kappa shape index (κ3) is 3.30. The molecule has 0 bridgehead atoms. The van der Waals surface area contributed by atoms with Gasteiger partial charge in [0.15, 0.2) is 0 Å². The van der Waals surface area contributed by atoms with Gasteiger partial charge < -0.3 is 14.8 Å². The van der Waals surface area contributed by atoms with Crippen molar-refractivity contribution in [1.82, 2.24) is 14.7 Å². The summed E-state index contributed by atoms with van der Waals surface area (Å²) >= 11 is 0. The molecule has 0 aromatic carbocycles. The van der Waals surface area contributed by atoms with Gasteiger partial charge in [-0.25, -0.2) is 4.98 Å². The van der Waals surface area contributed by atoms with Crippen molar-refractivity contribution in [3.05, 3.63) is 36.3 Å². The van der Waals surface area contributed by atoms with Gasteiger partial charge in [0.1, 0.15) is 5.65 Å². The molecular formula is C13H17N3O2. The van der Waals surface area contributed by atoms with Gasteiger partial charge in [-0.05, 0) is 25.5 Å². The standard InChI is InChI=1S/C13H17N3O2/c1-10(17)5-6-14-13(18)8-11-9-16-7-3-2-4-12(16)15-11/h2-4,7,9-10,17H,5-6,8H2,1H3,(H,14,18). The molecule has 1 atom stereocenters. The van der Waals surface area contributed by atoms with E-state index in [0.717, 1.165) is 11.3 Å². The lowest BCUT2D eigenvalue weighted by atomic mass is 10.2. The molecule has 0 radical (unpaired) electrons. The zero-order chi connectivity index (χ0) is 13.0. The minimum atomic E-state index is -0.388. The maximum absolute atomic E-state index is 11.6. The van der Waals surface area contributed by atoms with Crippen molar-refractivity contribution in [2.45, 2.75) is 25.9 Å². The molecule has 0 fully saturated rings. The van der Waals surface area contributed by atoms with Crippen LogP contribution in [0.5, 0.6) is 0 Å². The molecule has 96 valence electrons. The van der Waals surface area contributed by atoms with E-state index in [1.807, 2.05) is 35.0 Å².